The fourth-order valence-electron chi connectivity index (χ4n) is 1.09. The van der Waals surface area contributed by atoms with E-state index in [9.17, 15) is 0 Å². The summed E-state index contributed by atoms with van der Waals surface area (Å²) in [5.41, 5.74) is 2.57. The van der Waals surface area contributed by atoms with Crippen LogP contribution in [0.5, 0.6) is 0 Å². The third kappa shape index (κ3) is 1.77. The highest BCUT2D eigenvalue weighted by Gasteiger charge is 2.03. The normalized spacial score (nSPS) is 13.0. The average Bonchev–Trinajstić information content (AvgIpc) is 2.04. The molecule has 0 aliphatic rings. The molecule has 0 radical (unpaired) electrons. The smallest absolute Gasteiger partial charge is 0.0318 e. The molecule has 0 unspecified atom stereocenters. The Labute approximate surface area is 67.7 Å². The van der Waals surface area contributed by atoms with Crippen LogP contribution in [0.15, 0.2) is 18.5 Å². The molecule has 1 aromatic rings. The Morgan fingerprint density at radius 2 is 2.27 bits per heavy atom. The number of aromatic nitrogens is 1. The van der Waals surface area contributed by atoms with Gasteiger partial charge in [-0.1, -0.05) is 0 Å². The molecule has 0 saturated heterocycles. The van der Waals surface area contributed by atoms with Crippen LogP contribution in [-0.4, -0.2) is 12.0 Å². The van der Waals surface area contributed by atoms with Crippen molar-refractivity contribution in [2.24, 2.45) is 0 Å². The van der Waals surface area contributed by atoms with Gasteiger partial charge in [-0.05, 0) is 38.1 Å². The van der Waals surface area contributed by atoms with E-state index >= 15 is 0 Å². The predicted molar refractivity (Wildman–Crippen MR) is 46.4 cm³/mol. The highest BCUT2D eigenvalue weighted by Crippen LogP contribution is 2.13. The van der Waals surface area contributed by atoms with Gasteiger partial charge < -0.3 is 5.32 Å². The van der Waals surface area contributed by atoms with Gasteiger partial charge in [-0.2, -0.15) is 0 Å². The van der Waals surface area contributed by atoms with E-state index in [2.05, 4.69) is 24.1 Å². The van der Waals surface area contributed by atoms with Gasteiger partial charge in [0.05, 0.1) is 0 Å². The quantitative estimate of drug-likeness (QED) is 0.693. The lowest BCUT2D eigenvalue weighted by atomic mass is 10.1. The lowest BCUT2D eigenvalue weighted by Crippen LogP contribution is -2.13. The van der Waals surface area contributed by atoms with Gasteiger partial charge in [-0.3, -0.25) is 4.98 Å². The van der Waals surface area contributed by atoms with Crippen molar-refractivity contribution in [3.8, 4) is 0 Å². The van der Waals surface area contributed by atoms with E-state index in [0.29, 0.717) is 6.04 Å². The first kappa shape index (κ1) is 8.21. The van der Waals surface area contributed by atoms with Gasteiger partial charge >= 0.3 is 0 Å². The molecule has 0 aromatic carbocycles. The van der Waals surface area contributed by atoms with E-state index in [1.54, 1.807) is 0 Å². The van der Waals surface area contributed by atoms with Crippen LogP contribution in [0.2, 0.25) is 0 Å². The van der Waals surface area contributed by atoms with Crippen LogP contribution in [0, 0.1) is 6.92 Å². The second-order valence-electron chi connectivity index (χ2n) is 2.74. The Bertz CT molecular complexity index is 233. The zero-order chi connectivity index (χ0) is 8.27. The molecular weight excluding hydrogens is 136 g/mol. The minimum absolute atomic E-state index is 0.392. The number of nitrogens with one attached hydrogen (secondary N) is 1. The molecule has 1 N–H and O–H groups in total. The summed E-state index contributed by atoms with van der Waals surface area (Å²) >= 11 is 0. The van der Waals surface area contributed by atoms with Crippen LogP contribution in [0.1, 0.15) is 24.1 Å². The predicted octanol–water partition coefficient (Wildman–Crippen LogP) is 1.67. The lowest BCUT2D eigenvalue weighted by Gasteiger charge is -2.11. The molecule has 0 fully saturated rings. The topological polar surface area (TPSA) is 24.9 Å². The van der Waals surface area contributed by atoms with Crippen molar-refractivity contribution in [2.45, 2.75) is 19.9 Å². The van der Waals surface area contributed by atoms with Gasteiger partial charge in [0.2, 0.25) is 0 Å². The van der Waals surface area contributed by atoms with Gasteiger partial charge in [0.15, 0.2) is 0 Å². The molecule has 2 heteroatoms. The molecule has 1 atom stereocenters. The summed E-state index contributed by atoms with van der Waals surface area (Å²) < 4.78 is 0. The van der Waals surface area contributed by atoms with Crippen molar-refractivity contribution in [2.75, 3.05) is 7.05 Å². The minimum atomic E-state index is 0.392. The minimum Gasteiger partial charge on any atom is -0.313 e. The maximum absolute atomic E-state index is 4.07. The first-order valence-electron chi connectivity index (χ1n) is 3.83. The molecular formula is C9H14N2. The van der Waals surface area contributed by atoms with E-state index < -0.39 is 0 Å². The van der Waals surface area contributed by atoms with E-state index in [1.165, 1.54) is 11.1 Å². The molecule has 0 amide bonds. The lowest BCUT2D eigenvalue weighted by molar-refractivity contribution is 0.645. The van der Waals surface area contributed by atoms with Crippen LogP contribution in [-0.2, 0) is 0 Å². The van der Waals surface area contributed by atoms with Crippen molar-refractivity contribution < 1.29 is 0 Å². The monoisotopic (exact) mass is 150 g/mol. The summed E-state index contributed by atoms with van der Waals surface area (Å²) in [6.45, 7) is 4.23. The molecule has 1 aromatic heterocycles. The standard InChI is InChI=1S/C9H14N2/c1-7-4-5-11-6-9(7)8(2)10-3/h4-6,8,10H,1-3H3/t8-/m1/s1. The fourth-order valence-corrected chi connectivity index (χ4v) is 1.09. The molecule has 0 aliphatic heterocycles. The highest BCUT2D eigenvalue weighted by atomic mass is 14.9. The number of nitrogens with zero attached hydrogens (tertiary/aromatic N) is 1. The molecule has 1 rings (SSSR count). The summed E-state index contributed by atoms with van der Waals surface area (Å²) in [7, 11) is 1.96. The summed E-state index contributed by atoms with van der Waals surface area (Å²) in [6.07, 6.45) is 3.73. The van der Waals surface area contributed by atoms with Crippen molar-refractivity contribution in [1.82, 2.24) is 10.3 Å². The highest BCUT2D eigenvalue weighted by molar-refractivity contribution is 5.24. The van der Waals surface area contributed by atoms with E-state index in [0.717, 1.165) is 0 Å². The molecule has 11 heavy (non-hydrogen) atoms. The molecule has 0 aliphatic carbocycles. The molecule has 1 heterocycles. The average molecular weight is 150 g/mol. The number of pyridine rings is 1. The zero-order valence-electron chi connectivity index (χ0n) is 7.26. The van der Waals surface area contributed by atoms with Crippen molar-refractivity contribution in [3.63, 3.8) is 0 Å². The van der Waals surface area contributed by atoms with Gasteiger partial charge in [0.1, 0.15) is 0 Å². The largest absolute Gasteiger partial charge is 0.313 e. The number of hydrogen-bond acceptors (Lipinski definition) is 2. The maximum atomic E-state index is 4.07. The van der Waals surface area contributed by atoms with Gasteiger partial charge in [0, 0.05) is 18.4 Å². The van der Waals surface area contributed by atoms with Crippen LogP contribution in [0.3, 0.4) is 0 Å². The number of hydrogen-bond donors (Lipinski definition) is 1. The Morgan fingerprint density at radius 3 is 2.82 bits per heavy atom. The zero-order valence-corrected chi connectivity index (χ0v) is 7.26. The van der Waals surface area contributed by atoms with E-state index in [4.69, 9.17) is 0 Å². The number of aryl methyl sites for hydroxylation is 1. The third-order valence-corrected chi connectivity index (χ3v) is 1.98. The number of rotatable bonds is 2. The molecule has 60 valence electrons. The molecule has 0 bridgehead atoms. The Balaban J connectivity index is 2.93. The van der Waals surface area contributed by atoms with Crippen LogP contribution in [0.25, 0.3) is 0 Å². The Hall–Kier alpha value is -0.890. The van der Waals surface area contributed by atoms with Crippen molar-refractivity contribution in [1.29, 1.82) is 0 Å². The first-order chi connectivity index (χ1) is 5.25. The van der Waals surface area contributed by atoms with Crippen LogP contribution >= 0.6 is 0 Å². The van der Waals surface area contributed by atoms with Gasteiger partial charge in [0.25, 0.3) is 0 Å². The van der Waals surface area contributed by atoms with Crippen LogP contribution in [0.4, 0.5) is 0 Å². The second-order valence-corrected chi connectivity index (χ2v) is 2.74. The maximum Gasteiger partial charge on any atom is 0.0318 e. The fraction of sp³-hybridized carbons (Fsp3) is 0.444. The Kier molecular flexibility index (Phi) is 2.60. The van der Waals surface area contributed by atoms with Gasteiger partial charge in [-0.15, -0.1) is 0 Å². The summed E-state index contributed by atoms with van der Waals surface area (Å²) in [5, 5.41) is 3.18. The van der Waals surface area contributed by atoms with Gasteiger partial charge in [-0.25, -0.2) is 0 Å². The van der Waals surface area contributed by atoms with E-state index in [1.807, 2.05) is 25.5 Å². The Morgan fingerprint density at radius 1 is 1.55 bits per heavy atom. The van der Waals surface area contributed by atoms with Crippen molar-refractivity contribution in [3.05, 3.63) is 29.6 Å². The summed E-state index contributed by atoms with van der Waals surface area (Å²) in [5.74, 6) is 0. The van der Waals surface area contributed by atoms with E-state index in [-0.39, 0.29) is 0 Å². The second kappa shape index (κ2) is 3.49. The third-order valence-electron chi connectivity index (χ3n) is 1.98. The summed E-state index contributed by atoms with van der Waals surface area (Å²) in [6, 6.07) is 2.42. The first-order valence-corrected chi connectivity index (χ1v) is 3.83. The van der Waals surface area contributed by atoms with Crippen molar-refractivity contribution >= 4 is 0 Å². The van der Waals surface area contributed by atoms with Crippen LogP contribution < -0.4 is 5.32 Å². The molecule has 2 nitrogen and oxygen atoms in total. The molecule has 0 saturated carbocycles. The molecule has 0 spiro atoms. The summed E-state index contributed by atoms with van der Waals surface area (Å²) in [4.78, 5) is 4.07. The SMILES string of the molecule is CN[C@H](C)c1cnccc1C.